The first-order valence-electron chi connectivity index (χ1n) is 9.33. The van der Waals surface area contributed by atoms with Crippen molar-refractivity contribution in [1.82, 2.24) is 18.7 Å². The number of hydrogen-bond acceptors (Lipinski definition) is 5. The lowest BCUT2D eigenvalue weighted by molar-refractivity contribution is 0.171. The summed E-state index contributed by atoms with van der Waals surface area (Å²) in [5.74, 6) is 2.04. The van der Waals surface area contributed by atoms with Gasteiger partial charge in [-0.2, -0.15) is 0 Å². The second-order valence-corrected chi connectivity index (χ2v) is 6.51. The minimum atomic E-state index is -0.331. The maximum absolute atomic E-state index is 12.8. The molecule has 0 spiro atoms. The zero-order valence-electron chi connectivity index (χ0n) is 16.1. The van der Waals surface area contributed by atoms with Gasteiger partial charge in [-0.3, -0.25) is 13.9 Å². The van der Waals surface area contributed by atoms with Crippen LogP contribution in [0.15, 0.2) is 27.8 Å². The highest BCUT2D eigenvalue weighted by atomic mass is 16.6. The molecule has 0 saturated carbocycles. The highest BCUT2D eigenvalue weighted by molar-refractivity contribution is 5.77. The summed E-state index contributed by atoms with van der Waals surface area (Å²) < 4.78 is 15.6. The van der Waals surface area contributed by atoms with Crippen LogP contribution in [0.2, 0.25) is 0 Å². The van der Waals surface area contributed by atoms with Crippen LogP contribution in [0.1, 0.15) is 25.2 Å². The summed E-state index contributed by atoms with van der Waals surface area (Å²) in [6.45, 7) is 5.50. The Kier molecular flexibility index (Phi) is 4.54. The highest BCUT2D eigenvalue weighted by Crippen LogP contribution is 2.31. The Bertz CT molecular complexity index is 1200. The van der Waals surface area contributed by atoms with Gasteiger partial charge < -0.3 is 14.0 Å². The van der Waals surface area contributed by atoms with E-state index in [-0.39, 0.29) is 11.2 Å². The summed E-state index contributed by atoms with van der Waals surface area (Å²) in [5.41, 5.74) is 1.11. The van der Waals surface area contributed by atoms with Gasteiger partial charge in [-0.25, -0.2) is 9.78 Å². The molecule has 0 bridgehead atoms. The maximum Gasteiger partial charge on any atom is 0.332 e. The molecule has 0 radical (unpaired) electrons. The van der Waals surface area contributed by atoms with Crippen molar-refractivity contribution in [3.63, 3.8) is 0 Å². The summed E-state index contributed by atoms with van der Waals surface area (Å²) in [7, 11) is 1.78. The molecule has 3 heterocycles. The first kappa shape index (κ1) is 18.1. The van der Waals surface area contributed by atoms with E-state index in [2.05, 4.69) is 4.98 Å². The minimum absolute atomic E-state index is 0.318. The molecule has 3 aromatic rings. The fourth-order valence-corrected chi connectivity index (χ4v) is 3.43. The van der Waals surface area contributed by atoms with E-state index < -0.39 is 0 Å². The maximum atomic E-state index is 12.8. The molecule has 28 heavy (non-hydrogen) atoms. The van der Waals surface area contributed by atoms with Crippen molar-refractivity contribution in [3.05, 3.63) is 50.4 Å². The van der Waals surface area contributed by atoms with Crippen LogP contribution in [0.3, 0.4) is 0 Å². The number of imidazole rings is 1. The number of aryl methyl sites for hydroxylation is 2. The van der Waals surface area contributed by atoms with Gasteiger partial charge in [0.1, 0.15) is 19.0 Å². The molecular weight excluding hydrogens is 360 g/mol. The fraction of sp³-hybridized carbons (Fsp3) is 0.350. The van der Waals surface area contributed by atoms with Gasteiger partial charge in [-0.05, 0) is 37.6 Å². The van der Waals surface area contributed by atoms with Crippen molar-refractivity contribution in [3.8, 4) is 11.5 Å². The first-order valence-corrected chi connectivity index (χ1v) is 9.33. The molecular formula is C20H22N4O4. The van der Waals surface area contributed by atoms with E-state index >= 15 is 0 Å². The molecule has 0 N–H and O–H groups in total. The third kappa shape index (κ3) is 2.81. The summed E-state index contributed by atoms with van der Waals surface area (Å²) in [5, 5.41) is 0. The molecule has 0 saturated heterocycles. The van der Waals surface area contributed by atoms with Crippen LogP contribution in [0, 0.1) is 0 Å². The van der Waals surface area contributed by atoms with Gasteiger partial charge in [-0.15, -0.1) is 0 Å². The van der Waals surface area contributed by atoms with E-state index in [1.807, 2.05) is 37.3 Å². The van der Waals surface area contributed by atoms with Gasteiger partial charge in [0.2, 0.25) is 0 Å². The Hall–Kier alpha value is -3.29. The van der Waals surface area contributed by atoms with Crippen molar-refractivity contribution in [2.45, 2.75) is 26.9 Å². The predicted octanol–water partition coefficient (Wildman–Crippen LogP) is 1.88. The Morgan fingerprint density at radius 1 is 1.04 bits per heavy atom. The van der Waals surface area contributed by atoms with Crippen LogP contribution < -0.4 is 20.7 Å². The van der Waals surface area contributed by atoms with Crippen LogP contribution >= 0.6 is 0 Å². The quantitative estimate of drug-likeness (QED) is 0.688. The Morgan fingerprint density at radius 2 is 1.75 bits per heavy atom. The molecule has 1 aliphatic heterocycles. The van der Waals surface area contributed by atoms with Crippen molar-refractivity contribution in [2.24, 2.45) is 7.05 Å². The standard InChI is InChI=1S/C20H22N4O4/c1-4-23-18-17(19(25)24(5-2)20(23)26)22(3)16(21-18)9-7-13-6-8-14-15(12-13)28-11-10-27-14/h6-9,12H,4-5,10-11H2,1-3H3/b9-7+. The Labute approximate surface area is 161 Å². The van der Waals surface area contributed by atoms with Gasteiger partial charge in [0.25, 0.3) is 5.56 Å². The summed E-state index contributed by atoms with van der Waals surface area (Å²) in [4.78, 5) is 29.8. The van der Waals surface area contributed by atoms with Gasteiger partial charge in [-0.1, -0.05) is 12.1 Å². The Balaban J connectivity index is 1.81. The number of rotatable bonds is 4. The third-order valence-electron chi connectivity index (χ3n) is 4.90. The summed E-state index contributed by atoms with van der Waals surface area (Å²) in [6, 6.07) is 5.70. The van der Waals surface area contributed by atoms with E-state index in [0.717, 1.165) is 11.3 Å². The van der Waals surface area contributed by atoms with Gasteiger partial charge in [0, 0.05) is 20.1 Å². The van der Waals surface area contributed by atoms with Gasteiger partial charge >= 0.3 is 5.69 Å². The number of ether oxygens (including phenoxy) is 2. The van der Waals surface area contributed by atoms with E-state index in [1.54, 1.807) is 18.5 Å². The Morgan fingerprint density at radius 3 is 2.46 bits per heavy atom. The average molecular weight is 382 g/mol. The average Bonchev–Trinajstić information content (AvgIpc) is 3.03. The van der Waals surface area contributed by atoms with E-state index in [0.29, 0.717) is 49.0 Å². The molecule has 0 amide bonds. The second kappa shape index (κ2) is 7.03. The van der Waals surface area contributed by atoms with Gasteiger partial charge in [0.05, 0.1) is 0 Å². The molecule has 1 aromatic carbocycles. The van der Waals surface area contributed by atoms with Crippen LogP contribution in [0.5, 0.6) is 11.5 Å². The van der Waals surface area contributed by atoms with E-state index in [9.17, 15) is 9.59 Å². The molecule has 8 heteroatoms. The third-order valence-corrected chi connectivity index (χ3v) is 4.90. The molecule has 8 nitrogen and oxygen atoms in total. The molecule has 146 valence electrons. The SMILES string of the molecule is CCn1c(=O)c2c(nc(/C=C/c3ccc4c(c3)OCCO4)n2C)n(CC)c1=O. The van der Waals surface area contributed by atoms with Crippen molar-refractivity contribution < 1.29 is 9.47 Å². The lowest BCUT2D eigenvalue weighted by Gasteiger charge is -2.18. The number of nitrogens with zero attached hydrogens (tertiary/aromatic N) is 4. The van der Waals surface area contributed by atoms with Crippen LogP contribution in [-0.4, -0.2) is 31.9 Å². The number of aromatic nitrogens is 4. The van der Waals surface area contributed by atoms with Crippen LogP contribution in [0.4, 0.5) is 0 Å². The second-order valence-electron chi connectivity index (χ2n) is 6.51. The fourth-order valence-electron chi connectivity index (χ4n) is 3.43. The van der Waals surface area contributed by atoms with Crippen molar-refractivity contribution in [1.29, 1.82) is 0 Å². The lowest BCUT2D eigenvalue weighted by atomic mass is 10.2. The van der Waals surface area contributed by atoms with E-state index in [1.165, 1.54) is 9.13 Å². The molecule has 0 unspecified atom stereocenters. The zero-order chi connectivity index (χ0) is 19.8. The van der Waals surface area contributed by atoms with Crippen LogP contribution in [0.25, 0.3) is 23.3 Å². The predicted molar refractivity (Wildman–Crippen MR) is 107 cm³/mol. The molecule has 4 rings (SSSR count). The van der Waals surface area contributed by atoms with Crippen molar-refractivity contribution in [2.75, 3.05) is 13.2 Å². The minimum Gasteiger partial charge on any atom is -0.486 e. The number of benzene rings is 1. The number of fused-ring (bicyclic) bond motifs is 2. The topological polar surface area (TPSA) is 80.3 Å². The van der Waals surface area contributed by atoms with Gasteiger partial charge in [0.15, 0.2) is 22.7 Å². The molecule has 0 fully saturated rings. The largest absolute Gasteiger partial charge is 0.486 e. The molecule has 2 aromatic heterocycles. The summed E-state index contributed by atoms with van der Waals surface area (Å²) in [6.07, 6.45) is 3.72. The van der Waals surface area contributed by atoms with Crippen molar-refractivity contribution >= 4 is 23.3 Å². The molecule has 0 atom stereocenters. The smallest absolute Gasteiger partial charge is 0.332 e. The highest BCUT2D eigenvalue weighted by Gasteiger charge is 2.18. The molecule has 1 aliphatic rings. The van der Waals surface area contributed by atoms with E-state index in [4.69, 9.17) is 9.47 Å². The first-order chi connectivity index (χ1) is 13.5. The summed E-state index contributed by atoms with van der Waals surface area (Å²) >= 11 is 0. The monoisotopic (exact) mass is 382 g/mol. The zero-order valence-corrected chi connectivity index (χ0v) is 16.1. The number of hydrogen-bond donors (Lipinski definition) is 0. The lowest BCUT2D eigenvalue weighted by Crippen LogP contribution is -2.39. The van der Waals surface area contributed by atoms with Crippen LogP contribution in [-0.2, 0) is 20.1 Å². The normalized spacial score (nSPS) is 13.5. The molecule has 0 aliphatic carbocycles.